The summed E-state index contributed by atoms with van der Waals surface area (Å²) in [6.45, 7) is 4.36. The maximum Gasteiger partial charge on any atom is 0.122 e. The van der Waals surface area contributed by atoms with Gasteiger partial charge in [0.15, 0.2) is 0 Å². The summed E-state index contributed by atoms with van der Waals surface area (Å²) in [7, 11) is 3.87. The van der Waals surface area contributed by atoms with Crippen LogP contribution in [-0.4, -0.2) is 46.3 Å². The SMILES string of the molecule is COCCn1ccnc1CN(C)CCn1ccc2ccccc21. The number of rotatable bonds is 8. The molecule has 0 fully saturated rings. The lowest BCUT2D eigenvalue weighted by Gasteiger charge is -2.18. The van der Waals surface area contributed by atoms with Crippen molar-refractivity contribution >= 4 is 10.9 Å². The second-order valence-corrected chi connectivity index (χ2v) is 5.84. The van der Waals surface area contributed by atoms with E-state index in [4.69, 9.17) is 4.74 Å². The van der Waals surface area contributed by atoms with Gasteiger partial charge in [-0.15, -0.1) is 0 Å². The lowest BCUT2D eigenvalue weighted by Crippen LogP contribution is -2.24. The van der Waals surface area contributed by atoms with Crippen LogP contribution in [0.4, 0.5) is 0 Å². The minimum atomic E-state index is 0.711. The van der Waals surface area contributed by atoms with Gasteiger partial charge >= 0.3 is 0 Å². The molecule has 2 heterocycles. The van der Waals surface area contributed by atoms with Crippen molar-refractivity contribution in [3.05, 3.63) is 54.7 Å². The van der Waals surface area contributed by atoms with Crippen LogP contribution < -0.4 is 0 Å². The third-order valence-electron chi connectivity index (χ3n) is 4.15. The fourth-order valence-electron chi connectivity index (χ4n) is 2.82. The second kappa shape index (κ2) is 7.44. The fourth-order valence-corrected chi connectivity index (χ4v) is 2.82. The monoisotopic (exact) mass is 312 g/mol. The molecule has 1 aromatic carbocycles. The molecular weight excluding hydrogens is 288 g/mol. The molecule has 0 aliphatic rings. The predicted molar refractivity (Wildman–Crippen MR) is 92.4 cm³/mol. The van der Waals surface area contributed by atoms with E-state index in [1.807, 2.05) is 12.4 Å². The van der Waals surface area contributed by atoms with Crippen molar-refractivity contribution in [2.24, 2.45) is 0 Å². The molecule has 0 radical (unpaired) electrons. The first-order chi connectivity index (χ1) is 11.3. The Morgan fingerprint density at radius 2 is 1.96 bits per heavy atom. The number of benzene rings is 1. The standard InChI is InChI=1S/C18H24N4O/c1-20(15-18-19-8-10-22(18)13-14-23-2)11-12-21-9-7-16-5-3-4-6-17(16)21/h3-10H,11-15H2,1-2H3. The molecule has 3 rings (SSSR count). The molecule has 0 aliphatic heterocycles. The number of aromatic nitrogens is 3. The van der Waals surface area contributed by atoms with Gasteiger partial charge in [0.05, 0.1) is 13.2 Å². The molecule has 0 saturated carbocycles. The van der Waals surface area contributed by atoms with Gasteiger partial charge in [-0.3, -0.25) is 4.90 Å². The molecule has 0 unspecified atom stereocenters. The topological polar surface area (TPSA) is 35.2 Å². The van der Waals surface area contributed by atoms with E-state index in [0.29, 0.717) is 6.61 Å². The highest BCUT2D eigenvalue weighted by Crippen LogP contribution is 2.15. The molecule has 0 aliphatic carbocycles. The van der Waals surface area contributed by atoms with Crippen molar-refractivity contribution < 1.29 is 4.74 Å². The number of nitrogens with zero attached hydrogens (tertiary/aromatic N) is 4. The molecule has 2 aromatic heterocycles. The van der Waals surface area contributed by atoms with Crippen molar-refractivity contribution in [3.8, 4) is 0 Å². The van der Waals surface area contributed by atoms with Crippen LogP contribution in [0.25, 0.3) is 10.9 Å². The molecule has 122 valence electrons. The van der Waals surface area contributed by atoms with Crippen molar-refractivity contribution in [3.63, 3.8) is 0 Å². The number of fused-ring (bicyclic) bond motifs is 1. The lowest BCUT2D eigenvalue weighted by molar-refractivity contribution is 0.184. The summed E-state index contributed by atoms with van der Waals surface area (Å²) in [6, 6.07) is 10.7. The number of likely N-dealkylation sites (N-methyl/N-ethyl adjacent to an activating group) is 1. The Kier molecular flexibility index (Phi) is 5.10. The van der Waals surface area contributed by atoms with Gasteiger partial charge < -0.3 is 13.9 Å². The summed E-state index contributed by atoms with van der Waals surface area (Å²) >= 11 is 0. The number of ether oxygens (including phenoxy) is 1. The Labute approximate surface area is 137 Å². The van der Waals surface area contributed by atoms with Crippen molar-refractivity contribution in [2.75, 3.05) is 27.3 Å². The zero-order chi connectivity index (χ0) is 16.1. The van der Waals surface area contributed by atoms with Gasteiger partial charge in [0.2, 0.25) is 0 Å². The minimum absolute atomic E-state index is 0.711. The summed E-state index contributed by atoms with van der Waals surface area (Å²) in [4.78, 5) is 6.77. The summed E-state index contributed by atoms with van der Waals surface area (Å²) < 4.78 is 9.61. The second-order valence-electron chi connectivity index (χ2n) is 5.84. The van der Waals surface area contributed by atoms with Crippen molar-refractivity contribution in [1.29, 1.82) is 0 Å². The van der Waals surface area contributed by atoms with Crippen molar-refractivity contribution in [1.82, 2.24) is 19.0 Å². The van der Waals surface area contributed by atoms with Gasteiger partial charge in [-0.25, -0.2) is 4.98 Å². The summed E-state index contributed by atoms with van der Waals surface area (Å²) in [5.74, 6) is 1.09. The van der Waals surface area contributed by atoms with E-state index in [2.05, 4.69) is 62.6 Å². The molecule has 5 heteroatoms. The highest BCUT2D eigenvalue weighted by Gasteiger charge is 2.07. The van der Waals surface area contributed by atoms with E-state index in [1.54, 1.807) is 7.11 Å². The quantitative estimate of drug-likeness (QED) is 0.641. The maximum absolute atomic E-state index is 5.15. The third kappa shape index (κ3) is 3.81. The lowest BCUT2D eigenvalue weighted by atomic mass is 10.2. The zero-order valence-electron chi connectivity index (χ0n) is 13.9. The van der Waals surface area contributed by atoms with Gasteiger partial charge in [-0.1, -0.05) is 18.2 Å². The highest BCUT2D eigenvalue weighted by atomic mass is 16.5. The molecular formula is C18H24N4O. The van der Waals surface area contributed by atoms with Crippen LogP contribution in [-0.2, 0) is 24.4 Å². The van der Waals surface area contributed by atoms with Crippen molar-refractivity contribution in [2.45, 2.75) is 19.6 Å². The summed E-state index contributed by atoms with van der Waals surface area (Å²) in [6.07, 6.45) is 6.04. The molecule has 0 amide bonds. The maximum atomic E-state index is 5.15. The smallest absolute Gasteiger partial charge is 0.122 e. The normalized spacial score (nSPS) is 11.6. The largest absolute Gasteiger partial charge is 0.383 e. The summed E-state index contributed by atoms with van der Waals surface area (Å²) in [5.41, 5.74) is 1.29. The van der Waals surface area contributed by atoms with Gasteiger partial charge in [0, 0.05) is 50.9 Å². The van der Waals surface area contributed by atoms with Crippen LogP contribution in [0.5, 0.6) is 0 Å². The molecule has 23 heavy (non-hydrogen) atoms. The number of para-hydroxylation sites is 1. The van der Waals surface area contributed by atoms with Gasteiger partial charge in [-0.2, -0.15) is 0 Å². The van der Waals surface area contributed by atoms with Crippen LogP contribution in [0, 0.1) is 0 Å². The number of methoxy groups -OCH3 is 1. The van der Waals surface area contributed by atoms with Crippen LogP contribution >= 0.6 is 0 Å². The molecule has 0 saturated heterocycles. The van der Waals surface area contributed by atoms with E-state index in [-0.39, 0.29) is 0 Å². The van der Waals surface area contributed by atoms with E-state index in [1.165, 1.54) is 10.9 Å². The van der Waals surface area contributed by atoms with E-state index < -0.39 is 0 Å². The minimum Gasteiger partial charge on any atom is -0.383 e. The molecule has 0 spiro atoms. The Morgan fingerprint density at radius 1 is 1.09 bits per heavy atom. The van der Waals surface area contributed by atoms with Crippen LogP contribution in [0.2, 0.25) is 0 Å². The van der Waals surface area contributed by atoms with Crippen LogP contribution in [0.1, 0.15) is 5.82 Å². The molecule has 0 atom stereocenters. The van der Waals surface area contributed by atoms with E-state index in [9.17, 15) is 0 Å². The molecule has 3 aromatic rings. The Hall–Kier alpha value is -2.11. The Morgan fingerprint density at radius 3 is 2.83 bits per heavy atom. The average molecular weight is 312 g/mol. The fraction of sp³-hybridized carbons (Fsp3) is 0.389. The predicted octanol–water partition coefficient (Wildman–Crippen LogP) is 2.62. The number of imidazole rings is 1. The molecule has 0 bridgehead atoms. The molecule has 5 nitrogen and oxygen atoms in total. The number of hydrogen-bond acceptors (Lipinski definition) is 3. The van der Waals surface area contributed by atoms with Gasteiger partial charge in [0.25, 0.3) is 0 Å². The highest BCUT2D eigenvalue weighted by molar-refractivity contribution is 5.79. The van der Waals surface area contributed by atoms with Crippen LogP contribution in [0.3, 0.4) is 0 Å². The van der Waals surface area contributed by atoms with Gasteiger partial charge in [0.1, 0.15) is 5.82 Å². The van der Waals surface area contributed by atoms with Crippen LogP contribution in [0.15, 0.2) is 48.9 Å². The zero-order valence-corrected chi connectivity index (χ0v) is 13.9. The third-order valence-corrected chi connectivity index (χ3v) is 4.15. The molecule has 0 N–H and O–H groups in total. The first kappa shape index (κ1) is 15.8. The summed E-state index contributed by atoms with van der Waals surface area (Å²) in [5, 5.41) is 1.30. The van der Waals surface area contributed by atoms with Gasteiger partial charge in [-0.05, 0) is 24.6 Å². The number of hydrogen-bond donors (Lipinski definition) is 0. The van der Waals surface area contributed by atoms with E-state index >= 15 is 0 Å². The Bertz CT molecular complexity index is 746. The Balaban J connectivity index is 1.57. The average Bonchev–Trinajstić information content (AvgIpc) is 3.17. The first-order valence-corrected chi connectivity index (χ1v) is 7.99. The first-order valence-electron chi connectivity index (χ1n) is 7.99. The van der Waals surface area contributed by atoms with E-state index in [0.717, 1.165) is 32.0 Å².